The Labute approximate surface area is 278 Å². The fourth-order valence-electron chi connectivity index (χ4n) is 5.92. The normalized spacial score (nSPS) is 14.4. The molecule has 0 aliphatic carbocycles. The summed E-state index contributed by atoms with van der Waals surface area (Å²) in [5, 5.41) is 30.5. The number of aromatic nitrogens is 3. The molecule has 48 heavy (non-hydrogen) atoms. The van der Waals surface area contributed by atoms with E-state index in [9.17, 15) is 28.6 Å². The fourth-order valence-corrected chi connectivity index (χ4v) is 6.45. The largest absolute Gasteiger partial charge is 0.768 e. The van der Waals surface area contributed by atoms with E-state index in [-0.39, 0.29) is 28.6 Å². The second-order valence-corrected chi connectivity index (χ2v) is 12.4. The van der Waals surface area contributed by atoms with E-state index in [0.717, 1.165) is 36.2 Å². The number of nitrogens with zero attached hydrogens (tertiary/aromatic N) is 6. The van der Waals surface area contributed by atoms with Gasteiger partial charge >= 0.3 is 5.97 Å². The minimum absolute atomic E-state index is 0.0297. The molecule has 1 atom stereocenters. The number of nitrogens with one attached hydrogen (secondary N) is 1. The number of carbonyl (C=O) groups is 2. The fraction of sp³-hybridized carbons (Fsp3) is 0.235. The lowest BCUT2D eigenvalue weighted by Gasteiger charge is -2.32. The van der Waals surface area contributed by atoms with Gasteiger partial charge in [0.1, 0.15) is 22.7 Å². The predicted octanol–water partition coefficient (Wildman–Crippen LogP) is 5.81. The number of para-hydroxylation sites is 1. The summed E-state index contributed by atoms with van der Waals surface area (Å²) in [5.74, 6) is -0.400. The van der Waals surface area contributed by atoms with Crippen LogP contribution in [0.5, 0.6) is 5.75 Å². The zero-order valence-corrected chi connectivity index (χ0v) is 26.8. The highest BCUT2D eigenvalue weighted by Gasteiger charge is 2.24. The molecule has 246 valence electrons. The van der Waals surface area contributed by atoms with Crippen molar-refractivity contribution in [2.75, 3.05) is 25.0 Å². The van der Waals surface area contributed by atoms with E-state index in [0.29, 0.717) is 41.5 Å². The number of piperidine rings is 1. The van der Waals surface area contributed by atoms with Gasteiger partial charge in [0.15, 0.2) is 0 Å². The molecule has 0 saturated carbocycles. The highest BCUT2D eigenvalue weighted by molar-refractivity contribution is 7.79. The van der Waals surface area contributed by atoms with Crippen molar-refractivity contribution in [3.8, 4) is 16.9 Å². The first-order chi connectivity index (χ1) is 23.2. The third kappa shape index (κ3) is 7.09. The van der Waals surface area contributed by atoms with Crippen molar-refractivity contribution >= 4 is 51.1 Å². The maximum absolute atomic E-state index is 13.3. The lowest BCUT2D eigenvalue weighted by atomic mass is 9.96. The maximum atomic E-state index is 13.3. The molecule has 6 rings (SSSR count). The number of rotatable bonds is 10. The first kappa shape index (κ1) is 32.5. The number of phenols is 1. The Kier molecular flexibility index (Phi) is 9.55. The van der Waals surface area contributed by atoms with Crippen molar-refractivity contribution < 1.29 is 28.6 Å². The average Bonchev–Trinajstić information content (AvgIpc) is 3.41. The van der Waals surface area contributed by atoms with Crippen molar-refractivity contribution in [2.24, 2.45) is 16.1 Å². The summed E-state index contributed by atoms with van der Waals surface area (Å²) in [6.45, 7) is 4.14. The monoisotopic (exact) mass is 666 g/mol. The molecule has 2 aromatic heterocycles. The number of hydrogen-bond donors (Lipinski definition) is 3. The lowest BCUT2D eigenvalue weighted by molar-refractivity contribution is -0.130. The second-order valence-electron chi connectivity index (χ2n) is 11.5. The predicted molar refractivity (Wildman–Crippen MR) is 178 cm³/mol. The van der Waals surface area contributed by atoms with Gasteiger partial charge in [0, 0.05) is 47.5 Å². The molecular formula is C34H32N7O6S-. The summed E-state index contributed by atoms with van der Waals surface area (Å²) in [4.78, 5) is 35.3. The number of carboxylic acids is 1. The minimum atomic E-state index is -2.58. The molecule has 1 unspecified atom stereocenters. The van der Waals surface area contributed by atoms with Gasteiger partial charge in [-0.05, 0) is 85.3 Å². The summed E-state index contributed by atoms with van der Waals surface area (Å²) in [7, 11) is 0. The van der Waals surface area contributed by atoms with Crippen LogP contribution in [0.1, 0.15) is 29.0 Å². The van der Waals surface area contributed by atoms with Gasteiger partial charge in [-0.15, -0.1) is 0 Å². The molecule has 0 radical (unpaired) electrons. The SMILES string of the molecule is Cc1nc2cnccc2n1CC1CCN(C(=O)CNc2ccccc2-c2cc(N=Nc3ccc(O)c(C(=O)O)c3)ccc2S(=O)[O-])CC1. The Balaban J connectivity index is 1.13. The molecule has 13 nitrogen and oxygen atoms in total. The van der Waals surface area contributed by atoms with Crippen molar-refractivity contribution in [1.29, 1.82) is 0 Å². The second kappa shape index (κ2) is 14.1. The van der Waals surface area contributed by atoms with Gasteiger partial charge in [0.25, 0.3) is 0 Å². The van der Waals surface area contributed by atoms with Gasteiger partial charge in [-0.1, -0.05) is 18.2 Å². The summed E-state index contributed by atoms with van der Waals surface area (Å²) in [6, 6.07) is 17.3. The van der Waals surface area contributed by atoms with Gasteiger partial charge in [0.2, 0.25) is 5.91 Å². The molecular weight excluding hydrogens is 634 g/mol. The summed E-state index contributed by atoms with van der Waals surface area (Å²) in [6.07, 6.45) is 5.28. The number of pyridine rings is 1. The number of carboxylic acid groups (broad SMARTS) is 1. The van der Waals surface area contributed by atoms with Crippen molar-refractivity contribution in [2.45, 2.75) is 31.2 Å². The highest BCUT2D eigenvalue weighted by atomic mass is 32.2. The van der Waals surface area contributed by atoms with Gasteiger partial charge in [-0.2, -0.15) is 10.2 Å². The first-order valence-corrected chi connectivity index (χ1v) is 16.3. The average molecular weight is 667 g/mol. The number of amides is 1. The summed E-state index contributed by atoms with van der Waals surface area (Å²) < 4.78 is 26.6. The van der Waals surface area contributed by atoms with Crippen LogP contribution >= 0.6 is 0 Å². The third-order valence-electron chi connectivity index (χ3n) is 8.43. The molecule has 1 aliphatic rings. The van der Waals surface area contributed by atoms with Crippen molar-refractivity contribution in [3.05, 3.63) is 90.5 Å². The Morgan fingerprint density at radius 2 is 1.75 bits per heavy atom. The Bertz CT molecular complexity index is 2060. The Morgan fingerprint density at radius 1 is 1.02 bits per heavy atom. The molecule has 1 aliphatic heterocycles. The topological polar surface area (TPSA) is 185 Å². The molecule has 1 saturated heterocycles. The molecule has 5 aromatic rings. The van der Waals surface area contributed by atoms with Crippen LogP contribution in [0, 0.1) is 12.8 Å². The third-order valence-corrected chi connectivity index (χ3v) is 9.15. The Morgan fingerprint density at radius 3 is 2.50 bits per heavy atom. The number of aromatic hydroxyl groups is 1. The number of carbonyl (C=O) groups excluding carboxylic acids is 1. The van der Waals surface area contributed by atoms with Gasteiger partial charge in [-0.3, -0.25) is 14.0 Å². The molecule has 3 N–H and O–H groups in total. The van der Waals surface area contributed by atoms with E-state index in [1.807, 2.05) is 17.9 Å². The van der Waals surface area contributed by atoms with Crippen LogP contribution in [0.25, 0.3) is 22.2 Å². The Hall–Kier alpha value is -5.47. The number of likely N-dealkylation sites (tertiary alicyclic amines) is 1. The highest BCUT2D eigenvalue weighted by Crippen LogP contribution is 2.36. The molecule has 14 heteroatoms. The molecule has 1 amide bonds. The first-order valence-electron chi connectivity index (χ1n) is 15.3. The van der Waals surface area contributed by atoms with Crippen molar-refractivity contribution in [1.82, 2.24) is 19.4 Å². The zero-order valence-electron chi connectivity index (χ0n) is 25.9. The van der Waals surface area contributed by atoms with Crippen LogP contribution in [0.15, 0.2) is 94.2 Å². The zero-order chi connectivity index (χ0) is 33.8. The minimum Gasteiger partial charge on any atom is -0.768 e. The molecule has 0 bridgehead atoms. The summed E-state index contributed by atoms with van der Waals surface area (Å²) in [5.41, 5.74) is 3.60. The van der Waals surface area contributed by atoms with E-state index in [1.165, 1.54) is 30.3 Å². The smallest absolute Gasteiger partial charge is 0.339 e. The van der Waals surface area contributed by atoms with Crippen LogP contribution in [0.2, 0.25) is 0 Å². The van der Waals surface area contributed by atoms with E-state index in [4.69, 9.17) is 0 Å². The van der Waals surface area contributed by atoms with Crippen LogP contribution in [0.3, 0.4) is 0 Å². The van der Waals surface area contributed by atoms with Gasteiger partial charge < -0.3 is 29.5 Å². The quantitative estimate of drug-likeness (QED) is 0.122. The van der Waals surface area contributed by atoms with Crippen LogP contribution < -0.4 is 5.32 Å². The number of anilines is 1. The molecule has 1 fully saturated rings. The van der Waals surface area contributed by atoms with E-state index < -0.39 is 22.8 Å². The molecule has 3 aromatic carbocycles. The van der Waals surface area contributed by atoms with Crippen molar-refractivity contribution in [3.63, 3.8) is 0 Å². The van der Waals surface area contributed by atoms with E-state index >= 15 is 0 Å². The standard InChI is InChI=1S/C34H33N7O6S/c1-21-37-29-18-35-13-10-30(29)41(21)20-22-11-14-40(15-12-22)33(43)19-36-28-5-3-2-4-25(28)26-16-24(7-9-32(26)48(46)47)39-38-23-6-8-31(42)27(17-23)34(44)45/h2-10,13,16-18,22,36,42H,11-12,14-15,19-20H2,1H3,(H,44,45)(H,46,47)/p-1. The van der Waals surface area contributed by atoms with Crippen LogP contribution in [-0.2, 0) is 22.4 Å². The lowest BCUT2D eigenvalue weighted by Crippen LogP contribution is -2.42. The summed E-state index contributed by atoms with van der Waals surface area (Å²) >= 11 is -2.58. The number of hydrogen-bond acceptors (Lipinski definition) is 10. The van der Waals surface area contributed by atoms with E-state index in [1.54, 1.807) is 42.7 Å². The van der Waals surface area contributed by atoms with E-state index in [2.05, 4.69) is 30.1 Å². The van der Waals surface area contributed by atoms with Gasteiger partial charge in [0.05, 0.1) is 29.6 Å². The maximum Gasteiger partial charge on any atom is 0.339 e. The number of fused-ring (bicyclic) bond motifs is 1. The number of azo groups is 1. The number of aryl methyl sites for hydroxylation is 1. The molecule has 0 spiro atoms. The number of aromatic carboxylic acids is 1. The number of benzene rings is 3. The van der Waals surface area contributed by atoms with Crippen LogP contribution in [-0.4, -0.2) is 69.9 Å². The van der Waals surface area contributed by atoms with Crippen LogP contribution in [0.4, 0.5) is 17.1 Å². The molecule has 3 heterocycles. The van der Waals surface area contributed by atoms with Gasteiger partial charge in [-0.25, -0.2) is 9.78 Å². The number of imidazole rings is 1.